The van der Waals surface area contributed by atoms with Crippen molar-refractivity contribution >= 4 is 5.97 Å². The first-order chi connectivity index (χ1) is 11.7. The maximum Gasteiger partial charge on any atom is 0.336 e. The highest BCUT2D eigenvalue weighted by Gasteiger charge is 2.57. The maximum atomic E-state index is 11.8. The number of aliphatic hydroxyl groups excluding tert-OH is 3. The Morgan fingerprint density at radius 2 is 2.04 bits per heavy atom. The monoisotopic (exact) mass is 350 g/mol. The van der Waals surface area contributed by atoms with Crippen molar-refractivity contribution in [1.82, 2.24) is 0 Å². The number of hydrogen-bond acceptors (Lipinski definition) is 5. The molecule has 0 spiro atoms. The number of hydrogen-bond donors (Lipinski definition) is 3. The Balaban J connectivity index is 1.89. The molecule has 3 aliphatic rings. The minimum absolute atomic E-state index is 0.0280. The van der Waals surface area contributed by atoms with Gasteiger partial charge in [-0.05, 0) is 49.4 Å². The van der Waals surface area contributed by atoms with E-state index in [2.05, 4.69) is 13.5 Å². The molecule has 3 N–H and O–H groups in total. The Bertz CT molecular complexity index is 597. The van der Waals surface area contributed by atoms with Crippen LogP contribution in [0.4, 0.5) is 0 Å². The average molecular weight is 350 g/mol. The highest BCUT2D eigenvalue weighted by molar-refractivity contribution is 5.91. The second kappa shape index (κ2) is 6.53. The van der Waals surface area contributed by atoms with Crippen LogP contribution in [0.2, 0.25) is 0 Å². The number of rotatable bonds is 3. The molecule has 0 unspecified atom stereocenters. The lowest BCUT2D eigenvalue weighted by atomic mass is 9.46. The second-order valence-corrected chi connectivity index (χ2v) is 8.54. The first-order valence-electron chi connectivity index (χ1n) is 9.26. The third-order valence-electron chi connectivity index (χ3n) is 7.23. The first kappa shape index (κ1) is 18.6. The molecule has 0 amide bonds. The number of fused-ring (bicyclic) bond motifs is 1. The van der Waals surface area contributed by atoms with E-state index in [1.54, 1.807) is 0 Å². The third-order valence-corrected chi connectivity index (χ3v) is 7.23. The predicted octanol–water partition coefficient (Wildman–Crippen LogP) is 1.96. The molecule has 140 valence electrons. The molecular formula is C20H30O5. The van der Waals surface area contributed by atoms with Crippen LogP contribution in [0, 0.1) is 22.7 Å². The lowest BCUT2D eigenvalue weighted by Gasteiger charge is -2.59. The second-order valence-electron chi connectivity index (χ2n) is 8.54. The van der Waals surface area contributed by atoms with Gasteiger partial charge in [0.25, 0.3) is 0 Å². The summed E-state index contributed by atoms with van der Waals surface area (Å²) in [7, 11) is 0. The van der Waals surface area contributed by atoms with Crippen LogP contribution in [0.25, 0.3) is 0 Å². The lowest BCUT2D eigenvalue weighted by Crippen LogP contribution is -2.57. The van der Waals surface area contributed by atoms with Crippen LogP contribution in [0.3, 0.4) is 0 Å². The predicted molar refractivity (Wildman–Crippen MR) is 93.6 cm³/mol. The smallest absolute Gasteiger partial charge is 0.336 e. The van der Waals surface area contributed by atoms with Crippen molar-refractivity contribution in [1.29, 1.82) is 0 Å². The summed E-state index contributed by atoms with van der Waals surface area (Å²) in [6.45, 7) is 8.50. The van der Waals surface area contributed by atoms with E-state index >= 15 is 0 Å². The zero-order valence-electron chi connectivity index (χ0n) is 15.2. The topological polar surface area (TPSA) is 87.0 Å². The Hall–Kier alpha value is -1.17. The SMILES string of the molecule is C=C1CC[C@@H]2[C@](C)(CO)[C@@H](O)CC[C@@]2(C)[C@@H]1CC=C1C(=O)OC[C@H]1O. The van der Waals surface area contributed by atoms with E-state index < -0.39 is 23.6 Å². The summed E-state index contributed by atoms with van der Waals surface area (Å²) >= 11 is 0. The minimum Gasteiger partial charge on any atom is -0.459 e. The summed E-state index contributed by atoms with van der Waals surface area (Å²) in [6, 6.07) is 0. The molecule has 3 rings (SSSR count). The van der Waals surface area contributed by atoms with Crippen molar-refractivity contribution in [2.24, 2.45) is 22.7 Å². The maximum absolute atomic E-state index is 11.8. The molecule has 6 atom stereocenters. The Morgan fingerprint density at radius 1 is 1.32 bits per heavy atom. The molecule has 3 fully saturated rings. The summed E-state index contributed by atoms with van der Waals surface area (Å²) in [5.74, 6) is -0.0734. The number of aliphatic hydroxyl groups is 3. The molecule has 0 aromatic carbocycles. The van der Waals surface area contributed by atoms with Crippen molar-refractivity contribution in [2.45, 2.75) is 58.2 Å². The Kier molecular flexibility index (Phi) is 4.86. The van der Waals surface area contributed by atoms with Gasteiger partial charge >= 0.3 is 5.97 Å². The highest BCUT2D eigenvalue weighted by atomic mass is 16.6. The number of allylic oxidation sites excluding steroid dienone is 2. The molecule has 1 aliphatic heterocycles. The van der Waals surface area contributed by atoms with Crippen LogP contribution in [0.5, 0.6) is 0 Å². The van der Waals surface area contributed by atoms with Crippen molar-refractivity contribution in [3.05, 3.63) is 23.8 Å². The van der Waals surface area contributed by atoms with Gasteiger partial charge in [-0.15, -0.1) is 0 Å². The fourth-order valence-electron chi connectivity index (χ4n) is 5.56. The van der Waals surface area contributed by atoms with Crippen LogP contribution < -0.4 is 0 Å². The third kappa shape index (κ3) is 2.86. The molecular weight excluding hydrogens is 320 g/mol. The Labute approximate surface area is 149 Å². The zero-order chi connectivity index (χ0) is 18.4. The number of cyclic esters (lactones) is 1. The number of esters is 1. The zero-order valence-corrected chi connectivity index (χ0v) is 15.2. The fourth-order valence-corrected chi connectivity index (χ4v) is 5.56. The number of carbonyl (C=O) groups excluding carboxylic acids is 1. The van der Waals surface area contributed by atoms with E-state index in [1.807, 2.05) is 13.0 Å². The van der Waals surface area contributed by atoms with Gasteiger partial charge in [-0.1, -0.05) is 32.1 Å². The van der Waals surface area contributed by atoms with Gasteiger partial charge in [0.05, 0.1) is 18.3 Å². The van der Waals surface area contributed by atoms with Crippen molar-refractivity contribution < 1.29 is 24.9 Å². The van der Waals surface area contributed by atoms with E-state index in [0.717, 1.165) is 24.8 Å². The lowest BCUT2D eigenvalue weighted by molar-refractivity contribution is -0.151. The van der Waals surface area contributed by atoms with E-state index in [-0.39, 0.29) is 30.5 Å². The van der Waals surface area contributed by atoms with Gasteiger partial charge in [0.1, 0.15) is 12.7 Å². The van der Waals surface area contributed by atoms with Gasteiger partial charge in [0.2, 0.25) is 0 Å². The van der Waals surface area contributed by atoms with Gasteiger partial charge < -0.3 is 20.1 Å². The molecule has 5 nitrogen and oxygen atoms in total. The molecule has 0 aromatic heterocycles. The van der Waals surface area contributed by atoms with Crippen LogP contribution in [0.15, 0.2) is 23.8 Å². The summed E-state index contributed by atoms with van der Waals surface area (Å²) < 4.78 is 4.90. The standard InChI is InChI=1S/C20H30O5/c1-12-4-7-16-19(2,9-8-17(23)20(16,3)11-21)14(12)6-5-13-15(22)10-25-18(13)24/h5,14-17,21-23H,1,4,6-11H2,2-3H3/t14-,15-,16+,17+,19+,20+/m1/s1. The van der Waals surface area contributed by atoms with Crippen LogP contribution in [0.1, 0.15) is 46.0 Å². The molecule has 0 aromatic rings. The first-order valence-corrected chi connectivity index (χ1v) is 9.26. The molecule has 0 bridgehead atoms. The summed E-state index contributed by atoms with van der Waals surface area (Å²) in [4.78, 5) is 11.8. The van der Waals surface area contributed by atoms with E-state index in [9.17, 15) is 20.1 Å². The molecule has 2 saturated carbocycles. The highest BCUT2D eigenvalue weighted by Crippen LogP contribution is 2.61. The van der Waals surface area contributed by atoms with Crippen LogP contribution in [-0.2, 0) is 9.53 Å². The Morgan fingerprint density at radius 3 is 2.64 bits per heavy atom. The summed E-state index contributed by atoms with van der Waals surface area (Å²) in [6.07, 6.45) is 4.42. The van der Waals surface area contributed by atoms with Gasteiger partial charge in [-0.25, -0.2) is 4.79 Å². The van der Waals surface area contributed by atoms with E-state index in [0.29, 0.717) is 18.4 Å². The molecule has 25 heavy (non-hydrogen) atoms. The van der Waals surface area contributed by atoms with Gasteiger partial charge in [0.15, 0.2) is 0 Å². The summed E-state index contributed by atoms with van der Waals surface area (Å²) in [5, 5.41) is 30.4. The van der Waals surface area contributed by atoms with Crippen LogP contribution in [-0.4, -0.2) is 46.7 Å². The molecule has 5 heteroatoms. The number of carbonyl (C=O) groups is 1. The molecule has 1 heterocycles. The van der Waals surface area contributed by atoms with Gasteiger partial charge in [-0.2, -0.15) is 0 Å². The van der Waals surface area contributed by atoms with Gasteiger partial charge in [0, 0.05) is 5.41 Å². The fraction of sp³-hybridized carbons (Fsp3) is 0.750. The molecule has 0 radical (unpaired) electrons. The van der Waals surface area contributed by atoms with E-state index in [1.165, 1.54) is 0 Å². The summed E-state index contributed by atoms with van der Waals surface area (Å²) in [5.41, 5.74) is 0.911. The quantitative estimate of drug-likeness (QED) is 0.411. The van der Waals surface area contributed by atoms with Crippen molar-refractivity contribution in [3.8, 4) is 0 Å². The average Bonchev–Trinajstić information content (AvgIpc) is 2.89. The van der Waals surface area contributed by atoms with E-state index in [4.69, 9.17) is 4.74 Å². The van der Waals surface area contributed by atoms with Crippen molar-refractivity contribution in [3.63, 3.8) is 0 Å². The molecule has 2 aliphatic carbocycles. The minimum atomic E-state index is -0.844. The van der Waals surface area contributed by atoms with Crippen molar-refractivity contribution in [2.75, 3.05) is 13.2 Å². The van der Waals surface area contributed by atoms with Crippen LogP contribution >= 0.6 is 0 Å². The van der Waals surface area contributed by atoms with Gasteiger partial charge in [-0.3, -0.25) is 0 Å². The molecule has 1 saturated heterocycles. The largest absolute Gasteiger partial charge is 0.459 e. The normalized spacial score (nSPS) is 46.2. The number of ether oxygens (including phenoxy) is 1.